The van der Waals surface area contributed by atoms with Crippen molar-refractivity contribution < 1.29 is 9.53 Å². The maximum absolute atomic E-state index is 13.1. The lowest BCUT2D eigenvalue weighted by atomic mass is 10.3. The molecule has 0 aliphatic heterocycles. The molecule has 1 amide bonds. The Kier molecular flexibility index (Phi) is 5.00. The third-order valence-electron chi connectivity index (χ3n) is 3.88. The number of amides is 1. The molecule has 3 rings (SSSR count). The van der Waals surface area contributed by atoms with Gasteiger partial charge in [-0.05, 0) is 32.3 Å². The summed E-state index contributed by atoms with van der Waals surface area (Å²) in [4.78, 5) is 21.5. The summed E-state index contributed by atoms with van der Waals surface area (Å²) in [5.41, 5.74) is 1.31. The molecule has 0 saturated heterocycles. The maximum atomic E-state index is 13.1. The summed E-state index contributed by atoms with van der Waals surface area (Å²) in [5.74, 6) is 0.598. The fraction of sp³-hybridized carbons (Fsp3) is 0.353. The van der Waals surface area contributed by atoms with Crippen LogP contribution in [-0.4, -0.2) is 59.9 Å². The van der Waals surface area contributed by atoms with Crippen LogP contribution in [0.2, 0.25) is 0 Å². The number of hydrogen-bond donors (Lipinski definition) is 0. The zero-order valence-electron chi connectivity index (χ0n) is 14.8. The lowest BCUT2D eigenvalue weighted by Gasteiger charge is -2.21. The number of para-hydroxylation sites is 1. The number of carbonyl (C=O) groups is 1. The van der Waals surface area contributed by atoms with Gasteiger partial charge in [-0.1, -0.05) is 17.4 Å². The molecule has 0 unspecified atom stereocenters. The van der Waals surface area contributed by atoms with Crippen molar-refractivity contribution in [3.63, 3.8) is 0 Å². The van der Waals surface area contributed by atoms with Gasteiger partial charge in [0.2, 0.25) is 0 Å². The molecule has 0 aliphatic carbocycles. The van der Waals surface area contributed by atoms with Crippen molar-refractivity contribution in [1.29, 1.82) is 0 Å². The molecule has 0 radical (unpaired) electrons. The van der Waals surface area contributed by atoms with Crippen molar-refractivity contribution >= 4 is 32.6 Å². The van der Waals surface area contributed by atoms with E-state index in [1.165, 1.54) is 11.3 Å². The van der Waals surface area contributed by atoms with Gasteiger partial charge in [0.05, 0.1) is 11.8 Å². The summed E-state index contributed by atoms with van der Waals surface area (Å²) < 4.78 is 7.96. The van der Waals surface area contributed by atoms with Gasteiger partial charge in [0.1, 0.15) is 17.0 Å². The number of fused-ring (bicyclic) bond motifs is 1. The van der Waals surface area contributed by atoms with Crippen molar-refractivity contribution in [1.82, 2.24) is 19.7 Å². The molecule has 132 valence electrons. The van der Waals surface area contributed by atoms with Crippen LogP contribution in [0.5, 0.6) is 5.75 Å². The van der Waals surface area contributed by atoms with Crippen LogP contribution >= 0.6 is 11.3 Å². The van der Waals surface area contributed by atoms with Crippen molar-refractivity contribution in [2.45, 2.75) is 0 Å². The first-order valence-corrected chi connectivity index (χ1v) is 8.71. The number of carbonyl (C=O) groups excluding carboxylic acids is 1. The van der Waals surface area contributed by atoms with Crippen LogP contribution in [-0.2, 0) is 7.05 Å². The van der Waals surface area contributed by atoms with E-state index in [9.17, 15) is 4.79 Å². The third-order valence-corrected chi connectivity index (χ3v) is 4.92. The standard InChI is InChI=1S/C17H21N5O2S/c1-20(2)10-11-22(16(23)12-8-9-18-21(12)3)17-19-15-13(24-4)6-5-7-14(15)25-17/h5-9H,10-11H2,1-4H3. The molecule has 8 heteroatoms. The Morgan fingerprint density at radius 1 is 1.28 bits per heavy atom. The molecule has 0 saturated carbocycles. The molecule has 0 bridgehead atoms. The van der Waals surface area contributed by atoms with Crippen molar-refractivity contribution in [3.05, 3.63) is 36.2 Å². The minimum absolute atomic E-state index is 0.111. The van der Waals surface area contributed by atoms with Gasteiger partial charge < -0.3 is 9.64 Å². The van der Waals surface area contributed by atoms with Crippen LogP contribution in [0, 0.1) is 0 Å². The fourth-order valence-electron chi connectivity index (χ4n) is 2.50. The molecule has 25 heavy (non-hydrogen) atoms. The van der Waals surface area contributed by atoms with Crippen LogP contribution in [0.25, 0.3) is 10.2 Å². The van der Waals surface area contributed by atoms with Crippen molar-refractivity contribution in [2.75, 3.05) is 39.2 Å². The maximum Gasteiger partial charge on any atom is 0.278 e. The highest BCUT2D eigenvalue weighted by Gasteiger charge is 2.24. The quantitative estimate of drug-likeness (QED) is 0.675. The predicted molar refractivity (Wildman–Crippen MR) is 99.6 cm³/mol. The summed E-state index contributed by atoms with van der Waals surface area (Å²) in [5, 5.41) is 4.76. The van der Waals surface area contributed by atoms with Crippen LogP contribution in [0.1, 0.15) is 10.5 Å². The van der Waals surface area contributed by atoms with Crippen molar-refractivity contribution in [2.24, 2.45) is 7.05 Å². The molecule has 0 atom stereocenters. The van der Waals surface area contributed by atoms with Gasteiger partial charge >= 0.3 is 0 Å². The smallest absolute Gasteiger partial charge is 0.278 e. The zero-order chi connectivity index (χ0) is 18.0. The summed E-state index contributed by atoms with van der Waals surface area (Å²) >= 11 is 1.48. The number of methoxy groups -OCH3 is 1. The van der Waals surface area contributed by atoms with E-state index >= 15 is 0 Å². The highest BCUT2D eigenvalue weighted by Crippen LogP contribution is 2.34. The Hall–Kier alpha value is -2.45. The van der Waals surface area contributed by atoms with Gasteiger partial charge in [0.25, 0.3) is 5.91 Å². The Balaban J connectivity index is 2.02. The molecule has 0 spiro atoms. The summed E-state index contributed by atoms with van der Waals surface area (Å²) in [6, 6.07) is 7.51. The molecule has 0 aliphatic rings. The van der Waals surface area contributed by atoms with Crippen LogP contribution in [0.15, 0.2) is 30.5 Å². The van der Waals surface area contributed by atoms with Crippen molar-refractivity contribution in [3.8, 4) is 5.75 Å². The minimum Gasteiger partial charge on any atom is -0.494 e. The topological polar surface area (TPSA) is 63.5 Å². The number of thiazole rings is 1. The van der Waals surface area contributed by atoms with Gasteiger partial charge in [-0.3, -0.25) is 14.4 Å². The van der Waals surface area contributed by atoms with E-state index in [1.54, 1.807) is 36.0 Å². The molecule has 0 N–H and O–H groups in total. The second kappa shape index (κ2) is 7.20. The first kappa shape index (κ1) is 17.4. The van der Waals surface area contributed by atoms with E-state index in [4.69, 9.17) is 4.74 Å². The molecular weight excluding hydrogens is 338 g/mol. The number of nitrogens with zero attached hydrogens (tertiary/aromatic N) is 5. The van der Waals surface area contributed by atoms with Gasteiger partial charge in [0, 0.05) is 26.3 Å². The van der Waals surface area contributed by atoms with Gasteiger partial charge in [-0.25, -0.2) is 4.98 Å². The normalized spacial score (nSPS) is 11.2. The monoisotopic (exact) mass is 359 g/mol. The first-order valence-electron chi connectivity index (χ1n) is 7.89. The summed E-state index contributed by atoms with van der Waals surface area (Å²) in [7, 11) is 7.35. The van der Waals surface area contributed by atoms with Gasteiger partial charge in [0.15, 0.2) is 5.13 Å². The Bertz CT molecular complexity index is 886. The lowest BCUT2D eigenvalue weighted by molar-refractivity contribution is 0.0976. The Morgan fingerprint density at radius 3 is 2.72 bits per heavy atom. The highest BCUT2D eigenvalue weighted by molar-refractivity contribution is 7.22. The number of benzene rings is 1. The summed E-state index contributed by atoms with van der Waals surface area (Å²) in [6.07, 6.45) is 1.62. The first-order chi connectivity index (χ1) is 12.0. The average molecular weight is 359 g/mol. The summed E-state index contributed by atoms with van der Waals surface area (Å²) in [6.45, 7) is 1.27. The molecule has 2 aromatic heterocycles. The van der Waals surface area contributed by atoms with Gasteiger partial charge in [-0.15, -0.1) is 0 Å². The second-order valence-electron chi connectivity index (χ2n) is 5.90. The number of rotatable bonds is 6. The number of likely N-dealkylation sites (N-methyl/N-ethyl adjacent to an activating group) is 1. The van der Waals surface area contributed by atoms with Crippen LogP contribution in [0.4, 0.5) is 5.13 Å². The molecule has 3 aromatic rings. The third kappa shape index (κ3) is 3.49. The number of ether oxygens (including phenoxy) is 1. The van der Waals surface area contributed by atoms with Crippen LogP contribution < -0.4 is 9.64 Å². The molecule has 0 fully saturated rings. The minimum atomic E-state index is -0.111. The highest BCUT2D eigenvalue weighted by atomic mass is 32.1. The number of aromatic nitrogens is 3. The fourth-order valence-corrected chi connectivity index (χ4v) is 3.51. The predicted octanol–water partition coefficient (Wildman–Crippen LogP) is 2.25. The van der Waals surface area contributed by atoms with Gasteiger partial charge in [-0.2, -0.15) is 5.10 Å². The Morgan fingerprint density at radius 2 is 2.08 bits per heavy atom. The largest absolute Gasteiger partial charge is 0.494 e. The molecule has 1 aromatic carbocycles. The second-order valence-corrected chi connectivity index (χ2v) is 6.91. The van der Waals surface area contributed by atoms with E-state index in [-0.39, 0.29) is 5.91 Å². The van der Waals surface area contributed by atoms with Crippen LogP contribution in [0.3, 0.4) is 0 Å². The number of anilines is 1. The zero-order valence-corrected chi connectivity index (χ0v) is 15.6. The lowest BCUT2D eigenvalue weighted by Crippen LogP contribution is -2.37. The number of hydrogen-bond acceptors (Lipinski definition) is 6. The number of aryl methyl sites for hydroxylation is 1. The molecule has 7 nitrogen and oxygen atoms in total. The Labute approximate surface area is 150 Å². The average Bonchev–Trinajstić information content (AvgIpc) is 3.20. The van der Waals surface area contributed by atoms with E-state index < -0.39 is 0 Å². The SMILES string of the molecule is COc1cccc2sc(N(CCN(C)C)C(=O)c3ccnn3C)nc12. The van der Waals surface area contributed by atoms with E-state index in [1.807, 2.05) is 37.2 Å². The molecular formula is C17H21N5O2S. The van der Waals surface area contributed by atoms with E-state index in [0.717, 1.165) is 16.8 Å². The van der Waals surface area contributed by atoms with E-state index in [0.29, 0.717) is 23.1 Å². The van der Waals surface area contributed by atoms with E-state index in [2.05, 4.69) is 10.1 Å². The molecule has 2 heterocycles.